The Kier molecular flexibility index (Phi) is 4.66. The monoisotopic (exact) mass is 380 g/mol. The molecule has 1 aromatic heterocycles. The number of nitrogens with zero attached hydrogens (tertiary/aromatic N) is 1. The molecule has 1 aliphatic carbocycles. The molecule has 0 saturated heterocycles. The standard InChI is InChI=1S/C22H21ClN2O2/c1-14-20(22(26)24-17-7-8-17)13-21(15-3-5-16(23)6-4-15)25(14)18-9-11-19(27-2)12-10-18/h3-6,9-13,17H,7-8H2,1-2H3,(H,24,26). The van der Waals surface area contributed by atoms with Crippen LogP contribution in [0.2, 0.25) is 5.02 Å². The first-order valence-electron chi connectivity index (χ1n) is 9.00. The minimum atomic E-state index is -0.0162. The third-order valence-electron chi connectivity index (χ3n) is 4.87. The number of aromatic nitrogens is 1. The molecule has 0 radical (unpaired) electrons. The molecule has 0 bridgehead atoms. The number of nitrogens with one attached hydrogen (secondary N) is 1. The van der Waals surface area contributed by atoms with E-state index in [1.807, 2.05) is 61.5 Å². The molecule has 27 heavy (non-hydrogen) atoms. The largest absolute Gasteiger partial charge is 0.497 e. The van der Waals surface area contributed by atoms with Crippen molar-refractivity contribution < 1.29 is 9.53 Å². The summed E-state index contributed by atoms with van der Waals surface area (Å²) in [6, 6.07) is 17.8. The summed E-state index contributed by atoms with van der Waals surface area (Å²) in [5, 5.41) is 3.77. The summed E-state index contributed by atoms with van der Waals surface area (Å²) < 4.78 is 7.37. The fraction of sp³-hybridized carbons (Fsp3) is 0.227. The van der Waals surface area contributed by atoms with E-state index in [-0.39, 0.29) is 5.91 Å². The van der Waals surface area contributed by atoms with Gasteiger partial charge in [0.25, 0.3) is 5.91 Å². The number of ether oxygens (including phenoxy) is 1. The quantitative estimate of drug-likeness (QED) is 0.676. The van der Waals surface area contributed by atoms with E-state index in [9.17, 15) is 4.79 Å². The molecule has 3 aromatic rings. The Morgan fingerprint density at radius 3 is 2.37 bits per heavy atom. The second kappa shape index (κ2) is 7.12. The molecule has 0 atom stereocenters. The van der Waals surface area contributed by atoms with Gasteiger partial charge >= 0.3 is 0 Å². The van der Waals surface area contributed by atoms with Crippen LogP contribution in [-0.4, -0.2) is 23.6 Å². The van der Waals surface area contributed by atoms with Crippen LogP contribution < -0.4 is 10.1 Å². The van der Waals surface area contributed by atoms with E-state index >= 15 is 0 Å². The van der Waals surface area contributed by atoms with Gasteiger partial charge in [-0.2, -0.15) is 0 Å². The highest BCUT2D eigenvalue weighted by atomic mass is 35.5. The van der Waals surface area contributed by atoms with Gasteiger partial charge in [-0.3, -0.25) is 4.79 Å². The molecule has 1 aliphatic rings. The summed E-state index contributed by atoms with van der Waals surface area (Å²) in [7, 11) is 1.65. The van der Waals surface area contributed by atoms with Gasteiger partial charge in [0.15, 0.2) is 0 Å². The van der Waals surface area contributed by atoms with Gasteiger partial charge in [0.05, 0.1) is 18.4 Å². The van der Waals surface area contributed by atoms with Crippen LogP contribution in [0.15, 0.2) is 54.6 Å². The number of methoxy groups -OCH3 is 1. The number of hydrogen-bond donors (Lipinski definition) is 1. The first kappa shape index (κ1) is 17.7. The number of amides is 1. The fourth-order valence-electron chi connectivity index (χ4n) is 3.22. The lowest BCUT2D eigenvalue weighted by Gasteiger charge is -2.13. The van der Waals surface area contributed by atoms with Crippen LogP contribution in [0, 0.1) is 6.92 Å². The molecule has 138 valence electrons. The number of rotatable bonds is 5. The Morgan fingerprint density at radius 2 is 1.78 bits per heavy atom. The van der Waals surface area contributed by atoms with Gasteiger partial charge in [-0.15, -0.1) is 0 Å². The van der Waals surface area contributed by atoms with Gasteiger partial charge in [-0.05, 0) is 67.8 Å². The second-order valence-electron chi connectivity index (χ2n) is 6.82. The first-order valence-corrected chi connectivity index (χ1v) is 9.38. The van der Waals surface area contributed by atoms with Gasteiger partial charge < -0.3 is 14.6 Å². The molecule has 2 aromatic carbocycles. The van der Waals surface area contributed by atoms with Gasteiger partial charge in [0.2, 0.25) is 0 Å². The van der Waals surface area contributed by atoms with Crippen molar-refractivity contribution in [2.75, 3.05) is 7.11 Å². The summed E-state index contributed by atoms with van der Waals surface area (Å²) in [6.45, 7) is 1.98. The van der Waals surface area contributed by atoms with Gasteiger partial charge in [0.1, 0.15) is 5.75 Å². The van der Waals surface area contributed by atoms with Crippen LogP contribution in [0.1, 0.15) is 28.9 Å². The van der Waals surface area contributed by atoms with Crippen LogP contribution in [0.5, 0.6) is 5.75 Å². The zero-order valence-corrected chi connectivity index (χ0v) is 16.1. The maximum atomic E-state index is 12.7. The van der Waals surface area contributed by atoms with Crippen molar-refractivity contribution in [3.8, 4) is 22.7 Å². The lowest BCUT2D eigenvalue weighted by molar-refractivity contribution is 0.0950. The van der Waals surface area contributed by atoms with Gasteiger partial charge in [-0.25, -0.2) is 0 Å². The molecule has 5 heteroatoms. The zero-order chi connectivity index (χ0) is 19.0. The molecule has 4 nitrogen and oxygen atoms in total. The second-order valence-corrected chi connectivity index (χ2v) is 7.25. The fourth-order valence-corrected chi connectivity index (χ4v) is 3.35. The lowest BCUT2D eigenvalue weighted by atomic mass is 10.1. The van der Waals surface area contributed by atoms with Crippen LogP contribution in [0.3, 0.4) is 0 Å². The summed E-state index contributed by atoms with van der Waals surface area (Å²) in [6.07, 6.45) is 2.13. The SMILES string of the molecule is COc1ccc(-n2c(-c3ccc(Cl)cc3)cc(C(=O)NC3CC3)c2C)cc1. The average molecular weight is 381 g/mol. The molecule has 4 rings (SSSR count). The van der Waals surface area contributed by atoms with Crippen molar-refractivity contribution in [2.24, 2.45) is 0 Å². The van der Waals surface area contributed by atoms with E-state index in [0.29, 0.717) is 16.6 Å². The summed E-state index contributed by atoms with van der Waals surface area (Å²) in [5.74, 6) is 0.778. The predicted molar refractivity (Wildman–Crippen MR) is 108 cm³/mol. The van der Waals surface area contributed by atoms with Crippen molar-refractivity contribution in [1.29, 1.82) is 0 Å². The first-order chi connectivity index (χ1) is 13.1. The van der Waals surface area contributed by atoms with Crippen LogP contribution >= 0.6 is 11.6 Å². The molecular weight excluding hydrogens is 360 g/mol. The molecule has 1 heterocycles. The molecule has 1 fully saturated rings. The van der Waals surface area contributed by atoms with Crippen molar-refractivity contribution in [1.82, 2.24) is 9.88 Å². The maximum absolute atomic E-state index is 12.7. The third-order valence-corrected chi connectivity index (χ3v) is 5.13. The molecule has 1 N–H and O–H groups in total. The molecular formula is C22H21ClN2O2. The predicted octanol–water partition coefficient (Wildman–Crippen LogP) is 5.01. The summed E-state index contributed by atoms with van der Waals surface area (Å²) in [4.78, 5) is 12.7. The summed E-state index contributed by atoms with van der Waals surface area (Å²) in [5.41, 5.74) is 4.54. The van der Waals surface area contributed by atoms with Crippen molar-refractivity contribution in [3.63, 3.8) is 0 Å². The zero-order valence-electron chi connectivity index (χ0n) is 15.3. The normalized spacial score (nSPS) is 13.4. The Morgan fingerprint density at radius 1 is 1.11 bits per heavy atom. The number of carbonyl (C=O) groups is 1. The topological polar surface area (TPSA) is 43.3 Å². The van der Waals surface area contributed by atoms with Gasteiger partial charge in [-0.1, -0.05) is 23.7 Å². The van der Waals surface area contributed by atoms with Crippen LogP contribution in [-0.2, 0) is 0 Å². The maximum Gasteiger partial charge on any atom is 0.253 e. The molecule has 1 amide bonds. The molecule has 0 unspecified atom stereocenters. The van der Waals surface area contributed by atoms with E-state index < -0.39 is 0 Å². The molecule has 0 aliphatic heterocycles. The third kappa shape index (κ3) is 3.58. The van der Waals surface area contributed by atoms with Crippen LogP contribution in [0.25, 0.3) is 16.9 Å². The summed E-state index contributed by atoms with van der Waals surface area (Å²) >= 11 is 6.06. The average Bonchev–Trinajstić information content (AvgIpc) is 3.43. The number of halogens is 1. The highest BCUT2D eigenvalue weighted by Crippen LogP contribution is 2.31. The smallest absolute Gasteiger partial charge is 0.253 e. The van der Waals surface area contributed by atoms with E-state index in [1.165, 1.54) is 0 Å². The van der Waals surface area contributed by atoms with E-state index in [4.69, 9.17) is 16.3 Å². The van der Waals surface area contributed by atoms with Crippen molar-refractivity contribution in [2.45, 2.75) is 25.8 Å². The molecule has 1 saturated carbocycles. The Balaban J connectivity index is 1.83. The highest BCUT2D eigenvalue weighted by Gasteiger charge is 2.26. The minimum Gasteiger partial charge on any atom is -0.497 e. The van der Waals surface area contributed by atoms with Crippen molar-refractivity contribution >= 4 is 17.5 Å². The Labute approximate surface area is 163 Å². The highest BCUT2D eigenvalue weighted by molar-refractivity contribution is 6.30. The number of hydrogen-bond acceptors (Lipinski definition) is 2. The van der Waals surface area contributed by atoms with Crippen LogP contribution in [0.4, 0.5) is 0 Å². The number of carbonyl (C=O) groups excluding carboxylic acids is 1. The lowest BCUT2D eigenvalue weighted by Crippen LogP contribution is -2.25. The van der Waals surface area contributed by atoms with Gasteiger partial charge in [0, 0.05) is 22.4 Å². The van der Waals surface area contributed by atoms with Crippen molar-refractivity contribution in [3.05, 3.63) is 70.9 Å². The molecule has 0 spiro atoms. The minimum absolute atomic E-state index is 0.0162. The van der Waals surface area contributed by atoms with E-state index in [1.54, 1.807) is 7.11 Å². The Hall–Kier alpha value is -2.72. The Bertz CT molecular complexity index is 971. The van der Waals surface area contributed by atoms with E-state index in [0.717, 1.165) is 41.2 Å². The number of benzene rings is 2. The van der Waals surface area contributed by atoms with E-state index in [2.05, 4.69) is 9.88 Å².